The Morgan fingerprint density at radius 1 is 0.700 bits per heavy atom. The van der Waals surface area contributed by atoms with Gasteiger partial charge in [-0.15, -0.1) is 37.7 Å². The summed E-state index contributed by atoms with van der Waals surface area (Å²) < 4.78 is 0. The molecule has 2 aliphatic rings. The molecule has 0 saturated carbocycles. The van der Waals surface area contributed by atoms with E-state index in [1.54, 1.807) is 0 Å². The molecule has 0 amide bonds. The average molecular weight is 386 g/mol. The Kier molecular flexibility index (Phi) is 33.1. The van der Waals surface area contributed by atoms with Gasteiger partial charge in [0.25, 0.3) is 0 Å². The normalized spacial score (nSPS) is 11.2. The van der Waals surface area contributed by atoms with Crippen LogP contribution in [0, 0.1) is 25.6 Å². The van der Waals surface area contributed by atoms with Gasteiger partial charge in [-0.25, -0.2) is 24.3 Å². The van der Waals surface area contributed by atoms with E-state index in [-0.39, 0.29) is 58.4 Å². The van der Waals surface area contributed by atoms with Gasteiger partial charge in [-0.3, -0.25) is 12.2 Å². The van der Waals surface area contributed by atoms with E-state index in [9.17, 15) is 0 Å². The molecule has 0 nitrogen and oxygen atoms in total. The fourth-order valence-corrected chi connectivity index (χ4v) is 1.02. The topological polar surface area (TPSA) is 0 Å². The molecular formula is C17H20Cl2Zr. The Bertz CT molecular complexity index is 299. The van der Waals surface area contributed by atoms with Gasteiger partial charge in [0.2, 0.25) is 0 Å². The molecule has 0 radical (unpaired) electrons. The van der Waals surface area contributed by atoms with Crippen molar-refractivity contribution < 1.29 is 26.2 Å². The van der Waals surface area contributed by atoms with Crippen LogP contribution in [0.25, 0.3) is 0 Å². The Morgan fingerprint density at radius 2 is 1.15 bits per heavy atom. The first kappa shape index (κ1) is 27.9. The molecule has 0 spiro atoms. The minimum absolute atomic E-state index is 0. The zero-order chi connectivity index (χ0) is 11.3. The third-order valence-electron chi connectivity index (χ3n) is 1.78. The summed E-state index contributed by atoms with van der Waals surface area (Å²) in [5.41, 5.74) is 0. The zero-order valence-corrected chi connectivity index (χ0v) is 15.7. The van der Waals surface area contributed by atoms with Crippen LogP contribution in [0.5, 0.6) is 0 Å². The molecule has 20 heavy (non-hydrogen) atoms. The van der Waals surface area contributed by atoms with Gasteiger partial charge in [-0.05, 0) is 0 Å². The maximum atomic E-state index is 2.99. The molecule has 1 aromatic carbocycles. The van der Waals surface area contributed by atoms with Crippen molar-refractivity contribution in [2.24, 2.45) is 0 Å². The smallest absolute Gasteiger partial charge is 0.358 e. The van der Waals surface area contributed by atoms with Gasteiger partial charge in [0.05, 0.1) is 0 Å². The van der Waals surface area contributed by atoms with Gasteiger partial charge in [0.1, 0.15) is 0 Å². The number of allylic oxidation sites excluding steroid dienone is 8. The standard InChI is InChI=1S/C6H5.2C5H5.CH3.2ClH.Zr/c1-2-4-6-5-3-1;2*1-2-4-5-3-1;;;;/h1-5H;2*1-3H,4H2;1H3;2*1H;/q4*-1;;;+4. The average Bonchev–Trinajstić information content (AvgIpc) is 3.10. The Labute approximate surface area is 155 Å². The van der Waals surface area contributed by atoms with Gasteiger partial charge >= 0.3 is 26.2 Å². The van der Waals surface area contributed by atoms with Crippen molar-refractivity contribution in [2.45, 2.75) is 12.8 Å². The van der Waals surface area contributed by atoms with E-state index in [2.05, 4.69) is 30.4 Å². The molecule has 1 aromatic rings. The first-order valence-corrected chi connectivity index (χ1v) is 5.34. The van der Waals surface area contributed by atoms with Crippen molar-refractivity contribution in [3.05, 3.63) is 92.4 Å². The third-order valence-corrected chi connectivity index (χ3v) is 1.78. The molecule has 0 unspecified atom stereocenters. The Hall–Kier alpha value is -0.357. The first-order chi connectivity index (χ1) is 8.00. The second-order valence-corrected chi connectivity index (χ2v) is 3.08. The van der Waals surface area contributed by atoms with E-state index in [4.69, 9.17) is 0 Å². The van der Waals surface area contributed by atoms with Crippen LogP contribution in [0.4, 0.5) is 0 Å². The molecule has 0 atom stereocenters. The van der Waals surface area contributed by atoms with Crippen LogP contribution in [0.15, 0.2) is 66.8 Å². The van der Waals surface area contributed by atoms with Crippen molar-refractivity contribution in [3.63, 3.8) is 0 Å². The number of rotatable bonds is 0. The Balaban J connectivity index is -0.0000000876. The van der Waals surface area contributed by atoms with Crippen LogP contribution in [0.1, 0.15) is 12.8 Å². The molecule has 0 saturated heterocycles. The van der Waals surface area contributed by atoms with Crippen LogP contribution in [0.2, 0.25) is 0 Å². The molecule has 0 aliphatic heterocycles. The minimum Gasteiger partial charge on any atom is -0.358 e. The van der Waals surface area contributed by atoms with Crippen molar-refractivity contribution >= 4 is 24.8 Å². The van der Waals surface area contributed by atoms with Crippen LogP contribution in [0.3, 0.4) is 0 Å². The van der Waals surface area contributed by atoms with Gasteiger partial charge in [-0.2, -0.15) is 48.6 Å². The number of benzene rings is 1. The molecule has 0 fully saturated rings. The minimum atomic E-state index is 0. The van der Waals surface area contributed by atoms with Gasteiger partial charge < -0.3 is 7.43 Å². The molecule has 3 rings (SSSR count). The summed E-state index contributed by atoms with van der Waals surface area (Å²) in [6.45, 7) is 0. The van der Waals surface area contributed by atoms with Crippen LogP contribution in [-0.4, -0.2) is 0 Å². The van der Waals surface area contributed by atoms with Crippen molar-refractivity contribution in [1.29, 1.82) is 0 Å². The summed E-state index contributed by atoms with van der Waals surface area (Å²) >= 11 is 0. The zero-order valence-electron chi connectivity index (χ0n) is 11.6. The number of hydrogen-bond donors (Lipinski definition) is 0. The molecule has 2 aliphatic carbocycles. The third kappa shape index (κ3) is 20.0. The molecule has 0 bridgehead atoms. The van der Waals surface area contributed by atoms with E-state index in [0.29, 0.717) is 0 Å². The molecule has 0 N–H and O–H groups in total. The fourth-order valence-electron chi connectivity index (χ4n) is 1.02. The van der Waals surface area contributed by atoms with Crippen molar-refractivity contribution in [1.82, 2.24) is 0 Å². The summed E-state index contributed by atoms with van der Waals surface area (Å²) in [4.78, 5) is 0. The maximum Gasteiger partial charge on any atom is 4.00 e. The predicted octanol–water partition coefficient (Wildman–Crippen LogP) is 5.39. The van der Waals surface area contributed by atoms with Gasteiger partial charge in [0.15, 0.2) is 0 Å². The summed E-state index contributed by atoms with van der Waals surface area (Å²) in [5.74, 6) is 0. The fraction of sp³-hybridized carbons (Fsp3) is 0.118. The number of halogens is 2. The summed E-state index contributed by atoms with van der Waals surface area (Å²) in [6, 6.07) is 12.5. The van der Waals surface area contributed by atoms with Crippen LogP contribution < -0.4 is 0 Å². The first-order valence-electron chi connectivity index (χ1n) is 5.34. The summed E-state index contributed by atoms with van der Waals surface area (Å²) in [7, 11) is 0. The largest absolute Gasteiger partial charge is 4.00 e. The van der Waals surface area contributed by atoms with E-state index in [1.807, 2.05) is 54.6 Å². The second kappa shape index (κ2) is 23.7. The van der Waals surface area contributed by atoms with Crippen LogP contribution >= 0.6 is 24.8 Å². The van der Waals surface area contributed by atoms with E-state index >= 15 is 0 Å². The van der Waals surface area contributed by atoms with Gasteiger partial charge in [-0.1, -0.05) is 0 Å². The summed E-state index contributed by atoms with van der Waals surface area (Å²) in [6.07, 6.45) is 20.0. The molecular weight excluding hydrogens is 366 g/mol. The quantitative estimate of drug-likeness (QED) is 0.525. The van der Waals surface area contributed by atoms with E-state index in [1.165, 1.54) is 0 Å². The predicted molar refractivity (Wildman–Crippen MR) is 89.3 cm³/mol. The molecule has 0 heterocycles. The van der Waals surface area contributed by atoms with E-state index in [0.717, 1.165) is 12.8 Å². The monoisotopic (exact) mass is 384 g/mol. The van der Waals surface area contributed by atoms with Crippen molar-refractivity contribution in [2.75, 3.05) is 0 Å². The Morgan fingerprint density at radius 3 is 1.25 bits per heavy atom. The summed E-state index contributed by atoms with van der Waals surface area (Å²) in [5, 5.41) is 0. The van der Waals surface area contributed by atoms with Crippen LogP contribution in [-0.2, 0) is 26.2 Å². The number of hydrogen-bond acceptors (Lipinski definition) is 0. The second-order valence-electron chi connectivity index (χ2n) is 3.08. The SMILES string of the molecule is Cl.Cl.[C-]1=CC=CC1.[C-]1=CC=CC1.[CH3-].[Zr+4].[c-]1ccccc1. The molecule has 3 heteroatoms. The molecule has 106 valence electrons. The molecule has 0 aromatic heterocycles. The van der Waals surface area contributed by atoms with Crippen molar-refractivity contribution in [3.8, 4) is 0 Å². The maximum absolute atomic E-state index is 2.99. The van der Waals surface area contributed by atoms with Gasteiger partial charge in [0, 0.05) is 0 Å². The van der Waals surface area contributed by atoms with E-state index < -0.39 is 0 Å².